The van der Waals surface area contributed by atoms with Gasteiger partial charge < -0.3 is 10.1 Å². The highest BCUT2D eigenvalue weighted by Crippen LogP contribution is 2.22. The second kappa shape index (κ2) is 7.26. The second-order valence-corrected chi connectivity index (χ2v) is 8.08. The second-order valence-electron chi connectivity index (χ2n) is 4.55. The quantitative estimate of drug-likeness (QED) is 0.820. The van der Waals surface area contributed by atoms with Crippen LogP contribution in [0, 0.1) is 0 Å². The molecule has 0 heterocycles. The number of hydrogen-bond acceptors (Lipinski definition) is 4. The molecule has 1 rings (SSSR count). The van der Waals surface area contributed by atoms with E-state index in [0.717, 1.165) is 16.6 Å². The highest BCUT2D eigenvalue weighted by Gasteiger charge is 2.15. The minimum atomic E-state index is -3.04. The number of benzene rings is 1. The molecule has 0 fully saturated rings. The molecule has 0 aliphatic carbocycles. The largest absolute Gasteiger partial charge is 0.493 e. The van der Waals surface area contributed by atoms with Gasteiger partial charge in [0.2, 0.25) is 0 Å². The fraction of sp³-hybridized carbons (Fsp3) is 0.538. The summed E-state index contributed by atoms with van der Waals surface area (Å²) in [7, 11) is -1.17. The summed E-state index contributed by atoms with van der Waals surface area (Å²) in [5, 5.41) is 2.71. The van der Waals surface area contributed by atoms with Gasteiger partial charge in [0.1, 0.15) is 12.4 Å². The molecule has 0 amide bonds. The zero-order chi connectivity index (χ0) is 14.5. The molecule has 0 spiro atoms. The molecular formula is C13H20BrNO3S. The smallest absolute Gasteiger partial charge is 0.155 e. The summed E-state index contributed by atoms with van der Waals surface area (Å²) in [6.07, 6.45) is 0. The summed E-state index contributed by atoms with van der Waals surface area (Å²) in [6, 6.07) is 5.63. The summed E-state index contributed by atoms with van der Waals surface area (Å²) >= 11 is 3.46. The predicted octanol–water partition coefficient (Wildman–Crippen LogP) is 2.37. The van der Waals surface area contributed by atoms with Gasteiger partial charge in [-0.15, -0.1) is 0 Å². The van der Waals surface area contributed by atoms with Crippen molar-refractivity contribution in [3.63, 3.8) is 0 Å². The van der Waals surface area contributed by atoms with Crippen LogP contribution < -0.4 is 10.1 Å². The van der Waals surface area contributed by atoms with Crippen LogP contribution in [0.4, 0.5) is 0 Å². The lowest BCUT2D eigenvalue weighted by atomic mass is 10.2. The Morgan fingerprint density at radius 3 is 2.63 bits per heavy atom. The molecule has 0 unspecified atom stereocenters. The Bertz CT molecular complexity index is 515. The highest BCUT2D eigenvalue weighted by molar-refractivity contribution is 9.10. The minimum Gasteiger partial charge on any atom is -0.493 e. The highest BCUT2D eigenvalue weighted by atomic mass is 79.9. The van der Waals surface area contributed by atoms with Crippen molar-refractivity contribution >= 4 is 25.8 Å². The third-order valence-electron chi connectivity index (χ3n) is 2.74. The maximum atomic E-state index is 11.6. The number of sulfone groups is 1. The summed E-state index contributed by atoms with van der Waals surface area (Å²) in [4.78, 5) is 0. The van der Waals surface area contributed by atoms with Crippen LogP contribution in [0.2, 0.25) is 0 Å². The average Bonchev–Trinajstić information content (AvgIpc) is 2.33. The lowest BCUT2D eigenvalue weighted by Crippen LogP contribution is -2.22. The third kappa shape index (κ3) is 5.12. The Morgan fingerprint density at radius 2 is 2.05 bits per heavy atom. The van der Waals surface area contributed by atoms with Crippen molar-refractivity contribution in [2.45, 2.75) is 25.6 Å². The molecule has 0 atom stereocenters. The Labute approximate surface area is 123 Å². The maximum Gasteiger partial charge on any atom is 0.155 e. The fourth-order valence-corrected chi connectivity index (χ4v) is 2.65. The van der Waals surface area contributed by atoms with Gasteiger partial charge in [0.15, 0.2) is 9.84 Å². The van der Waals surface area contributed by atoms with Gasteiger partial charge in [0.05, 0.1) is 11.0 Å². The van der Waals surface area contributed by atoms with Crippen molar-refractivity contribution in [3.8, 4) is 5.75 Å². The van der Waals surface area contributed by atoms with E-state index >= 15 is 0 Å². The van der Waals surface area contributed by atoms with E-state index in [1.165, 1.54) is 0 Å². The van der Waals surface area contributed by atoms with Crippen molar-refractivity contribution in [1.82, 2.24) is 5.32 Å². The Balaban J connectivity index is 2.61. The van der Waals surface area contributed by atoms with Crippen LogP contribution in [0.3, 0.4) is 0 Å². The van der Waals surface area contributed by atoms with E-state index in [-0.39, 0.29) is 17.6 Å². The summed E-state index contributed by atoms with van der Waals surface area (Å²) < 4.78 is 29.8. The standard InChI is InChI=1S/C13H20BrNO3S/c1-10(2)19(16,17)7-6-18-12-4-5-13(14)11(8-12)9-15-3/h4-5,8,10,15H,6-7,9H2,1-3H3. The van der Waals surface area contributed by atoms with Gasteiger partial charge in [-0.05, 0) is 44.7 Å². The monoisotopic (exact) mass is 349 g/mol. The lowest BCUT2D eigenvalue weighted by molar-refractivity contribution is 0.340. The SMILES string of the molecule is CNCc1cc(OCCS(=O)(=O)C(C)C)ccc1Br. The number of ether oxygens (including phenoxy) is 1. The van der Waals surface area contributed by atoms with Crippen molar-refractivity contribution < 1.29 is 13.2 Å². The summed E-state index contributed by atoms with van der Waals surface area (Å²) in [6.45, 7) is 4.27. The van der Waals surface area contributed by atoms with Crippen LogP contribution >= 0.6 is 15.9 Å². The molecule has 0 aliphatic rings. The van der Waals surface area contributed by atoms with Crippen molar-refractivity contribution in [1.29, 1.82) is 0 Å². The fourth-order valence-electron chi connectivity index (χ4n) is 1.48. The molecule has 4 nitrogen and oxygen atoms in total. The first kappa shape index (κ1) is 16.5. The van der Waals surface area contributed by atoms with Gasteiger partial charge in [-0.2, -0.15) is 0 Å². The molecule has 0 saturated heterocycles. The van der Waals surface area contributed by atoms with E-state index in [2.05, 4.69) is 21.2 Å². The average molecular weight is 350 g/mol. The lowest BCUT2D eigenvalue weighted by Gasteiger charge is -2.11. The van der Waals surface area contributed by atoms with Gasteiger partial charge in [-0.25, -0.2) is 8.42 Å². The minimum absolute atomic E-state index is 0.0437. The molecule has 1 aromatic carbocycles. The van der Waals surface area contributed by atoms with E-state index in [4.69, 9.17) is 4.74 Å². The zero-order valence-corrected chi connectivity index (χ0v) is 13.8. The number of rotatable bonds is 7. The van der Waals surface area contributed by atoms with Crippen molar-refractivity contribution in [2.24, 2.45) is 0 Å². The molecule has 108 valence electrons. The zero-order valence-electron chi connectivity index (χ0n) is 11.4. The first-order chi connectivity index (χ1) is 8.86. The van der Waals surface area contributed by atoms with E-state index < -0.39 is 9.84 Å². The molecule has 6 heteroatoms. The maximum absolute atomic E-state index is 11.6. The van der Waals surface area contributed by atoms with Crippen LogP contribution in [0.25, 0.3) is 0 Å². The van der Waals surface area contributed by atoms with Crippen molar-refractivity contribution in [3.05, 3.63) is 28.2 Å². The van der Waals surface area contributed by atoms with Crippen LogP contribution in [-0.4, -0.2) is 33.1 Å². The van der Waals surface area contributed by atoms with Crippen LogP contribution in [0.15, 0.2) is 22.7 Å². The number of halogens is 1. The van der Waals surface area contributed by atoms with E-state index in [1.54, 1.807) is 13.8 Å². The molecule has 0 bridgehead atoms. The molecule has 0 radical (unpaired) electrons. The van der Waals surface area contributed by atoms with Gasteiger partial charge >= 0.3 is 0 Å². The topological polar surface area (TPSA) is 55.4 Å². The van der Waals surface area contributed by atoms with E-state index in [1.807, 2.05) is 25.2 Å². The third-order valence-corrected chi connectivity index (χ3v) is 5.69. The molecule has 19 heavy (non-hydrogen) atoms. The normalized spacial score (nSPS) is 11.8. The molecule has 1 aromatic rings. The van der Waals surface area contributed by atoms with Crippen LogP contribution in [0.1, 0.15) is 19.4 Å². The first-order valence-electron chi connectivity index (χ1n) is 6.14. The summed E-state index contributed by atoms with van der Waals surface area (Å²) in [5.41, 5.74) is 1.08. The van der Waals surface area contributed by atoms with Gasteiger partial charge in [-0.1, -0.05) is 15.9 Å². The van der Waals surface area contributed by atoms with Crippen molar-refractivity contribution in [2.75, 3.05) is 19.4 Å². The molecule has 0 aromatic heterocycles. The number of hydrogen-bond donors (Lipinski definition) is 1. The number of nitrogens with one attached hydrogen (secondary N) is 1. The van der Waals surface area contributed by atoms with Gasteiger partial charge in [-0.3, -0.25) is 0 Å². The van der Waals surface area contributed by atoms with E-state index in [0.29, 0.717) is 5.75 Å². The summed E-state index contributed by atoms with van der Waals surface area (Å²) in [5.74, 6) is 0.731. The van der Waals surface area contributed by atoms with Crippen LogP contribution in [0.5, 0.6) is 5.75 Å². The Hall–Kier alpha value is -0.590. The van der Waals surface area contributed by atoms with Gasteiger partial charge in [0.25, 0.3) is 0 Å². The predicted molar refractivity (Wildman–Crippen MR) is 81.3 cm³/mol. The van der Waals surface area contributed by atoms with Gasteiger partial charge in [0, 0.05) is 11.0 Å². The molecular weight excluding hydrogens is 330 g/mol. The first-order valence-corrected chi connectivity index (χ1v) is 8.65. The molecule has 0 aliphatic heterocycles. The Kier molecular flexibility index (Phi) is 6.29. The Morgan fingerprint density at radius 1 is 1.37 bits per heavy atom. The molecule has 0 saturated carbocycles. The van der Waals surface area contributed by atoms with E-state index in [9.17, 15) is 8.42 Å². The van der Waals surface area contributed by atoms with Crippen LogP contribution in [-0.2, 0) is 16.4 Å². The molecule has 1 N–H and O–H groups in total.